The number of hydrogen-bond donors (Lipinski definition) is 1. The van der Waals surface area contributed by atoms with Gasteiger partial charge in [0.25, 0.3) is 0 Å². The number of nitrogens with zero attached hydrogens (tertiary/aromatic N) is 5. The van der Waals surface area contributed by atoms with Crippen molar-refractivity contribution in [1.29, 1.82) is 0 Å². The third-order valence-electron chi connectivity index (χ3n) is 4.38. The molecule has 2 aromatic rings. The van der Waals surface area contributed by atoms with Crippen LogP contribution in [0.4, 0.5) is 23.0 Å². The van der Waals surface area contributed by atoms with Crippen molar-refractivity contribution in [2.75, 3.05) is 36.0 Å². The summed E-state index contributed by atoms with van der Waals surface area (Å²) in [6.07, 6.45) is 3.21. The average molecular weight is 343 g/mol. The number of benzene rings is 1. The second kappa shape index (κ2) is 7.43. The molecular formula is C17H21N5O3. The van der Waals surface area contributed by atoms with Gasteiger partial charge >= 0.3 is 5.69 Å². The van der Waals surface area contributed by atoms with E-state index in [1.807, 2.05) is 36.1 Å². The van der Waals surface area contributed by atoms with Crippen molar-refractivity contribution in [2.24, 2.45) is 0 Å². The first kappa shape index (κ1) is 17.1. The van der Waals surface area contributed by atoms with Crippen molar-refractivity contribution in [1.82, 2.24) is 9.97 Å². The lowest BCUT2D eigenvalue weighted by Crippen LogP contribution is -2.30. The molecule has 8 heteroatoms. The highest BCUT2D eigenvalue weighted by Crippen LogP contribution is 2.40. The molecule has 25 heavy (non-hydrogen) atoms. The van der Waals surface area contributed by atoms with E-state index in [-0.39, 0.29) is 24.7 Å². The predicted octanol–water partition coefficient (Wildman–Crippen LogP) is 2.29. The van der Waals surface area contributed by atoms with Crippen molar-refractivity contribution in [3.05, 3.63) is 46.3 Å². The van der Waals surface area contributed by atoms with Gasteiger partial charge in [-0.2, -0.15) is 0 Å². The average Bonchev–Trinajstić information content (AvgIpc) is 2.65. The first-order chi connectivity index (χ1) is 12.2. The number of rotatable bonds is 6. The fourth-order valence-electron chi connectivity index (χ4n) is 3.24. The topological polar surface area (TPSA) is 95.6 Å². The molecule has 1 aliphatic heterocycles. The van der Waals surface area contributed by atoms with Crippen LogP contribution in [-0.4, -0.2) is 46.2 Å². The SMILES string of the molecule is CCN(CCO)c1ncnc(N2CCCc3ccccc32)c1[N+](=O)[O-]. The van der Waals surface area contributed by atoms with Crippen molar-refractivity contribution >= 4 is 23.0 Å². The van der Waals surface area contributed by atoms with Gasteiger partial charge in [-0.25, -0.2) is 9.97 Å². The van der Waals surface area contributed by atoms with Gasteiger partial charge in [-0.3, -0.25) is 10.1 Å². The van der Waals surface area contributed by atoms with E-state index in [1.165, 1.54) is 6.33 Å². The quantitative estimate of drug-likeness (QED) is 0.635. The molecule has 0 bridgehead atoms. The number of anilines is 3. The largest absolute Gasteiger partial charge is 0.395 e. The number of aliphatic hydroxyl groups is 1. The minimum Gasteiger partial charge on any atom is -0.395 e. The molecule has 0 unspecified atom stereocenters. The van der Waals surface area contributed by atoms with E-state index in [2.05, 4.69) is 9.97 Å². The Morgan fingerprint density at radius 1 is 1.36 bits per heavy atom. The Hall–Kier alpha value is -2.74. The van der Waals surface area contributed by atoms with E-state index < -0.39 is 4.92 Å². The standard InChI is InChI=1S/C17H21N5O3/c1-2-20(10-11-23)16-15(22(24)25)17(19-12-18-16)21-9-5-7-13-6-3-4-8-14(13)21/h3-4,6,8,12,23H,2,5,7,9-11H2,1H3. The summed E-state index contributed by atoms with van der Waals surface area (Å²) in [6.45, 7) is 3.23. The Morgan fingerprint density at radius 3 is 2.88 bits per heavy atom. The highest BCUT2D eigenvalue weighted by Gasteiger charge is 2.31. The molecule has 0 amide bonds. The van der Waals surface area contributed by atoms with E-state index in [4.69, 9.17) is 0 Å². The summed E-state index contributed by atoms with van der Waals surface area (Å²) in [5.74, 6) is 0.549. The van der Waals surface area contributed by atoms with Crippen LogP contribution in [0.5, 0.6) is 0 Å². The van der Waals surface area contributed by atoms with Crippen molar-refractivity contribution in [2.45, 2.75) is 19.8 Å². The molecule has 3 rings (SSSR count). The molecule has 1 N–H and O–H groups in total. The summed E-state index contributed by atoms with van der Waals surface area (Å²) < 4.78 is 0. The molecule has 1 aliphatic rings. The maximum absolute atomic E-state index is 11.8. The minimum atomic E-state index is -0.429. The second-order valence-electron chi connectivity index (χ2n) is 5.81. The number of hydrogen-bond acceptors (Lipinski definition) is 7. The predicted molar refractivity (Wildman–Crippen MR) is 95.4 cm³/mol. The lowest BCUT2D eigenvalue weighted by atomic mass is 10.0. The van der Waals surface area contributed by atoms with Crippen LogP contribution in [0.1, 0.15) is 18.9 Å². The Kier molecular flexibility index (Phi) is 5.08. The highest BCUT2D eigenvalue weighted by molar-refractivity contribution is 5.77. The van der Waals surface area contributed by atoms with Gasteiger partial charge in [0.05, 0.1) is 11.5 Å². The third-order valence-corrected chi connectivity index (χ3v) is 4.38. The smallest absolute Gasteiger partial charge is 0.353 e. The normalized spacial score (nSPS) is 13.4. The molecule has 1 aromatic carbocycles. The Balaban J connectivity index is 2.13. The molecule has 0 fully saturated rings. The zero-order valence-corrected chi connectivity index (χ0v) is 14.1. The molecule has 132 valence electrons. The number of nitro groups is 1. The molecule has 8 nitrogen and oxygen atoms in total. The van der Waals surface area contributed by atoms with Gasteiger partial charge in [-0.1, -0.05) is 18.2 Å². The highest BCUT2D eigenvalue weighted by atomic mass is 16.6. The van der Waals surface area contributed by atoms with E-state index in [1.54, 1.807) is 4.90 Å². The zero-order valence-electron chi connectivity index (χ0n) is 14.1. The molecule has 0 spiro atoms. The molecule has 0 atom stereocenters. The Labute approximate surface area is 145 Å². The number of likely N-dealkylation sites (N-methyl/N-ethyl adjacent to an activating group) is 1. The van der Waals surface area contributed by atoms with Crippen LogP contribution in [0.3, 0.4) is 0 Å². The van der Waals surface area contributed by atoms with Crippen LogP contribution in [-0.2, 0) is 6.42 Å². The first-order valence-corrected chi connectivity index (χ1v) is 8.38. The second-order valence-corrected chi connectivity index (χ2v) is 5.81. The molecule has 1 aromatic heterocycles. The summed E-state index contributed by atoms with van der Waals surface area (Å²) in [5, 5.41) is 21.1. The number of aliphatic hydroxyl groups excluding tert-OH is 1. The maximum Gasteiger partial charge on any atom is 0.353 e. The summed E-state index contributed by atoms with van der Waals surface area (Å²) in [7, 11) is 0. The molecule has 0 saturated heterocycles. The van der Waals surface area contributed by atoms with E-state index in [0.717, 1.165) is 24.1 Å². The lowest BCUT2D eigenvalue weighted by Gasteiger charge is -2.30. The van der Waals surface area contributed by atoms with E-state index in [0.29, 0.717) is 18.9 Å². The lowest BCUT2D eigenvalue weighted by molar-refractivity contribution is -0.383. The van der Waals surface area contributed by atoms with Crippen molar-refractivity contribution in [3.8, 4) is 0 Å². The number of aromatic nitrogens is 2. The zero-order chi connectivity index (χ0) is 17.8. The van der Waals surface area contributed by atoms with Crippen LogP contribution >= 0.6 is 0 Å². The minimum absolute atomic E-state index is 0.100. The van der Waals surface area contributed by atoms with Gasteiger partial charge in [0.2, 0.25) is 11.6 Å². The summed E-state index contributed by atoms with van der Waals surface area (Å²) >= 11 is 0. The van der Waals surface area contributed by atoms with Gasteiger partial charge in [-0.15, -0.1) is 0 Å². The summed E-state index contributed by atoms with van der Waals surface area (Å²) in [6, 6.07) is 7.91. The van der Waals surface area contributed by atoms with Crippen LogP contribution in [0.2, 0.25) is 0 Å². The number of para-hydroxylation sites is 1. The number of fused-ring (bicyclic) bond motifs is 1. The fourth-order valence-corrected chi connectivity index (χ4v) is 3.24. The van der Waals surface area contributed by atoms with Crippen LogP contribution in [0.15, 0.2) is 30.6 Å². The maximum atomic E-state index is 11.8. The molecule has 0 radical (unpaired) electrons. The van der Waals surface area contributed by atoms with Gasteiger partial charge in [0.1, 0.15) is 6.33 Å². The van der Waals surface area contributed by atoms with Gasteiger partial charge in [0, 0.05) is 25.3 Å². The van der Waals surface area contributed by atoms with Crippen LogP contribution in [0, 0.1) is 10.1 Å². The molecule has 0 aliphatic carbocycles. The third kappa shape index (κ3) is 3.25. The van der Waals surface area contributed by atoms with Crippen LogP contribution < -0.4 is 9.80 Å². The van der Waals surface area contributed by atoms with Gasteiger partial charge in [0.15, 0.2) is 0 Å². The molecule has 2 heterocycles. The summed E-state index contributed by atoms with van der Waals surface area (Å²) in [4.78, 5) is 23.4. The van der Waals surface area contributed by atoms with E-state index >= 15 is 0 Å². The Bertz CT molecular complexity index is 768. The van der Waals surface area contributed by atoms with E-state index in [9.17, 15) is 15.2 Å². The molecule has 0 saturated carbocycles. The number of aryl methyl sites for hydroxylation is 1. The monoisotopic (exact) mass is 343 g/mol. The van der Waals surface area contributed by atoms with Crippen molar-refractivity contribution in [3.63, 3.8) is 0 Å². The van der Waals surface area contributed by atoms with Crippen LogP contribution in [0.25, 0.3) is 0 Å². The van der Waals surface area contributed by atoms with Gasteiger partial charge in [-0.05, 0) is 31.4 Å². The van der Waals surface area contributed by atoms with Crippen molar-refractivity contribution < 1.29 is 10.0 Å². The molecular weight excluding hydrogens is 322 g/mol. The fraction of sp³-hybridized carbons (Fsp3) is 0.412. The first-order valence-electron chi connectivity index (χ1n) is 8.38. The van der Waals surface area contributed by atoms with Gasteiger partial charge < -0.3 is 14.9 Å². The summed E-state index contributed by atoms with van der Waals surface area (Å²) in [5.41, 5.74) is 1.99. The Morgan fingerprint density at radius 2 is 2.16 bits per heavy atom.